The smallest absolute Gasteiger partial charge is 0.307 e. The fourth-order valence-corrected chi connectivity index (χ4v) is 2.97. The number of aliphatic carboxylic acids is 1. The number of halogens is 1. The van der Waals surface area contributed by atoms with E-state index in [0.717, 1.165) is 0 Å². The van der Waals surface area contributed by atoms with Crippen molar-refractivity contribution >= 4 is 17.6 Å². The molecule has 3 rings (SSSR count). The molecular weight excluding hydrogens is 404 g/mol. The van der Waals surface area contributed by atoms with E-state index in [1.54, 1.807) is 36.4 Å². The maximum atomic E-state index is 10.8. The van der Waals surface area contributed by atoms with Gasteiger partial charge >= 0.3 is 5.97 Å². The molecule has 156 valence electrons. The fraction of sp³-hybridized carbons (Fsp3) is 0.208. The third-order valence-corrected chi connectivity index (χ3v) is 4.49. The van der Waals surface area contributed by atoms with Gasteiger partial charge < -0.3 is 19.3 Å². The summed E-state index contributed by atoms with van der Waals surface area (Å²) in [6.45, 7) is 2.38. The van der Waals surface area contributed by atoms with Crippen molar-refractivity contribution in [2.45, 2.75) is 25.9 Å². The first-order valence-electron chi connectivity index (χ1n) is 9.62. The number of benzene rings is 3. The maximum absolute atomic E-state index is 10.8. The summed E-state index contributed by atoms with van der Waals surface area (Å²) in [7, 11) is 0. The first-order valence-corrected chi connectivity index (χ1v) is 10.00. The summed E-state index contributed by atoms with van der Waals surface area (Å²) in [4.78, 5) is 10.8. The van der Waals surface area contributed by atoms with Gasteiger partial charge in [-0.05, 0) is 48.9 Å². The summed E-state index contributed by atoms with van der Waals surface area (Å²) < 4.78 is 17.7. The maximum Gasteiger partial charge on any atom is 0.307 e. The molecule has 3 aromatic rings. The van der Waals surface area contributed by atoms with Gasteiger partial charge in [0.15, 0.2) is 11.5 Å². The molecule has 0 unspecified atom stereocenters. The minimum absolute atomic E-state index is 0.0303. The van der Waals surface area contributed by atoms with Gasteiger partial charge in [0.1, 0.15) is 11.5 Å². The molecule has 0 radical (unpaired) electrons. The molecular formula is C24H23ClO5. The van der Waals surface area contributed by atoms with Gasteiger partial charge in [0.2, 0.25) is 0 Å². The second kappa shape index (κ2) is 10.6. The Morgan fingerprint density at radius 1 is 0.967 bits per heavy atom. The van der Waals surface area contributed by atoms with Gasteiger partial charge in [-0.1, -0.05) is 41.9 Å². The molecule has 0 amide bonds. The number of para-hydroxylation sites is 1. The van der Waals surface area contributed by atoms with Crippen molar-refractivity contribution < 1.29 is 24.1 Å². The van der Waals surface area contributed by atoms with Gasteiger partial charge in [0.25, 0.3) is 0 Å². The molecule has 6 heteroatoms. The molecule has 0 aliphatic rings. The fourth-order valence-electron chi connectivity index (χ4n) is 2.81. The van der Waals surface area contributed by atoms with E-state index < -0.39 is 5.97 Å². The van der Waals surface area contributed by atoms with E-state index in [9.17, 15) is 4.79 Å². The Kier molecular flexibility index (Phi) is 7.57. The Bertz CT molecular complexity index is 974. The summed E-state index contributed by atoms with van der Waals surface area (Å²) >= 11 is 6.12. The molecule has 0 aliphatic carbocycles. The normalized spacial score (nSPS) is 11.5. The van der Waals surface area contributed by atoms with E-state index in [-0.39, 0.29) is 12.5 Å². The average Bonchev–Trinajstić information content (AvgIpc) is 2.71. The third-order valence-electron chi connectivity index (χ3n) is 4.25. The molecule has 0 bridgehead atoms. The van der Waals surface area contributed by atoms with E-state index in [4.69, 9.17) is 30.9 Å². The summed E-state index contributed by atoms with van der Waals surface area (Å²) in [6, 6.07) is 21.8. The topological polar surface area (TPSA) is 65.0 Å². The highest BCUT2D eigenvalue weighted by Gasteiger charge is 2.12. The monoisotopic (exact) mass is 426 g/mol. The van der Waals surface area contributed by atoms with Crippen LogP contribution in [0.15, 0.2) is 72.8 Å². The van der Waals surface area contributed by atoms with Crippen molar-refractivity contribution in [1.82, 2.24) is 0 Å². The van der Waals surface area contributed by atoms with Gasteiger partial charge in [-0.25, -0.2) is 0 Å². The van der Waals surface area contributed by atoms with Crippen molar-refractivity contribution in [1.29, 1.82) is 0 Å². The summed E-state index contributed by atoms with van der Waals surface area (Å²) in [5.74, 6) is 1.61. The van der Waals surface area contributed by atoms with E-state index in [1.807, 2.05) is 43.3 Å². The van der Waals surface area contributed by atoms with Crippen molar-refractivity contribution in [2.75, 3.05) is 6.61 Å². The standard InChI is InChI=1S/C24H23ClO5/c1-17(12-13-28-21-9-5-6-18(14-21)15-24(26)27)29-22-11-10-19(25)16-23(22)30-20-7-3-2-4-8-20/h2-11,14,16-17H,12-13,15H2,1H3,(H,26,27)/t17-/m0/s1. The Labute approximate surface area is 180 Å². The van der Waals surface area contributed by atoms with Crippen molar-refractivity contribution in [3.05, 3.63) is 83.4 Å². The number of carbonyl (C=O) groups is 1. The number of carboxylic acids is 1. The molecule has 0 spiro atoms. The van der Waals surface area contributed by atoms with Crippen LogP contribution < -0.4 is 14.2 Å². The van der Waals surface area contributed by atoms with Crippen LogP contribution in [0.25, 0.3) is 0 Å². The van der Waals surface area contributed by atoms with Gasteiger partial charge in [-0.2, -0.15) is 0 Å². The van der Waals surface area contributed by atoms with E-state index in [1.165, 1.54) is 0 Å². The lowest BCUT2D eigenvalue weighted by atomic mass is 10.1. The number of ether oxygens (including phenoxy) is 3. The summed E-state index contributed by atoms with van der Waals surface area (Å²) in [5.41, 5.74) is 0.702. The van der Waals surface area contributed by atoms with Gasteiger partial charge in [-0.3, -0.25) is 4.79 Å². The highest BCUT2D eigenvalue weighted by atomic mass is 35.5. The molecule has 0 fully saturated rings. The molecule has 3 aromatic carbocycles. The zero-order valence-corrected chi connectivity index (χ0v) is 17.3. The van der Waals surface area contributed by atoms with Crippen molar-refractivity contribution in [3.63, 3.8) is 0 Å². The Balaban J connectivity index is 1.56. The van der Waals surface area contributed by atoms with E-state index >= 15 is 0 Å². The van der Waals surface area contributed by atoms with Gasteiger partial charge in [-0.15, -0.1) is 0 Å². The van der Waals surface area contributed by atoms with Crippen molar-refractivity contribution in [3.8, 4) is 23.0 Å². The van der Waals surface area contributed by atoms with Crippen LogP contribution in [-0.4, -0.2) is 23.8 Å². The quantitative estimate of drug-likeness (QED) is 0.431. The van der Waals surface area contributed by atoms with Crippen molar-refractivity contribution in [2.24, 2.45) is 0 Å². The molecule has 30 heavy (non-hydrogen) atoms. The zero-order valence-electron chi connectivity index (χ0n) is 16.6. The highest BCUT2D eigenvalue weighted by Crippen LogP contribution is 2.35. The minimum atomic E-state index is -0.870. The molecule has 0 aromatic heterocycles. The van der Waals surface area contributed by atoms with Crippen LogP contribution >= 0.6 is 11.6 Å². The second-order valence-corrected chi connectivity index (χ2v) is 7.23. The van der Waals surface area contributed by atoms with E-state index in [0.29, 0.717) is 46.6 Å². The predicted molar refractivity (Wildman–Crippen MR) is 116 cm³/mol. The van der Waals surface area contributed by atoms with Crippen LogP contribution in [0, 0.1) is 0 Å². The molecule has 1 N–H and O–H groups in total. The van der Waals surface area contributed by atoms with Crippen LogP contribution in [-0.2, 0) is 11.2 Å². The largest absolute Gasteiger partial charge is 0.493 e. The second-order valence-electron chi connectivity index (χ2n) is 6.79. The highest BCUT2D eigenvalue weighted by molar-refractivity contribution is 6.30. The molecule has 1 atom stereocenters. The molecule has 0 saturated heterocycles. The summed E-state index contributed by atoms with van der Waals surface area (Å²) in [5, 5.41) is 9.46. The number of hydrogen-bond acceptors (Lipinski definition) is 4. The Morgan fingerprint density at radius 2 is 1.73 bits per heavy atom. The first kappa shape index (κ1) is 21.5. The number of rotatable bonds is 10. The molecule has 0 heterocycles. The molecule has 5 nitrogen and oxygen atoms in total. The van der Waals surface area contributed by atoms with Gasteiger partial charge in [0.05, 0.1) is 19.1 Å². The van der Waals surface area contributed by atoms with Crippen LogP contribution in [0.4, 0.5) is 0 Å². The van der Waals surface area contributed by atoms with Crippen LogP contribution in [0.3, 0.4) is 0 Å². The number of carboxylic acid groups (broad SMARTS) is 1. The van der Waals surface area contributed by atoms with Crippen LogP contribution in [0.1, 0.15) is 18.9 Å². The molecule has 0 aliphatic heterocycles. The van der Waals surface area contributed by atoms with Crippen LogP contribution in [0.5, 0.6) is 23.0 Å². The SMILES string of the molecule is C[C@@H](CCOc1cccc(CC(=O)O)c1)Oc1ccc(Cl)cc1Oc1ccccc1. The van der Waals surface area contributed by atoms with E-state index in [2.05, 4.69) is 0 Å². The third kappa shape index (κ3) is 6.71. The lowest BCUT2D eigenvalue weighted by Gasteiger charge is -2.18. The minimum Gasteiger partial charge on any atom is -0.493 e. The van der Waals surface area contributed by atoms with Gasteiger partial charge in [0, 0.05) is 17.5 Å². The Hall–Kier alpha value is -3.18. The molecule has 0 saturated carbocycles. The summed E-state index contributed by atoms with van der Waals surface area (Å²) in [6.07, 6.45) is 0.472. The predicted octanol–water partition coefficient (Wildman–Crippen LogP) is 6.00. The lowest BCUT2D eigenvalue weighted by Crippen LogP contribution is -2.16. The average molecular weight is 427 g/mol. The zero-order chi connectivity index (χ0) is 21.3. The number of hydrogen-bond donors (Lipinski definition) is 1. The van der Waals surface area contributed by atoms with Crippen LogP contribution in [0.2, 0.25) is 5.02 Å². The lowest BCUT2D eigenvalue weighted by molar-refractivity contribution is -0.136. The Morgan fingerprint density at radius 3 is 2.50 bits per heavy atom. The first-order chi connectivity index (χ1) is 14.5.